The van der Waals surface area contributed by atoms with Gasteiger partial charge in [-0.1, -0.05) is 18.2 Å². The van der Waals surface area contributed by atoms with Crippen molar-refractivity contribution in [3.63, 3.8) is 0 Å². The van der Waals surface area contributed by atoms with Gasteiger partial charge in [-0.25, -0.2) is 8.42 Å². The molecule has 3 rings (SSSR count). The van der Waals surface area contributed by atoms with Crippen molar-refractivity contribution in [3.8, 4) is 17.2 Å². The molecule has 0 aliphatic carbocycles. The van der Waals surface area contributed by atoms with E-state index in [1.165, 1.54) is 44.6 Å². The van der Waals surface area contributed by atoms with Crippen molar-refractivity contribution in [1.82, 2.24) is 0 Å². The van der Waals surface area contributed by atoms with Gasteiger partial charge in [0.25, 0.3) is 15.9 Å². The van der Waals surface area contributed by atoms with Gasteiger partial charge >= 0.3 is 0 Å². The van der Waals surface area contributed by atoms with E-state index in [9.17, 15) is 13.2 Å². The molecule has 2 N–H and O–H groups in total. The third kappa shape index (κ3) is 5.70. The van der Waals surface area contributed by atoms with E-state index in [2.05, 4.69) is 10.0 Å². The fraction of sp³-hybridized carbons (Fsp3) is 0.174. The Morgan fingerprint density at radius 1 is 0.906 bits per heavy atom. The molecule has 1 amide bonds. The minimum Gasteiger partial charge on any atom is -0.497 e. The number of ether oxygens (including phenoxy) is 3. The van der Waals surface area contributed by atoms with Gasteiger partial charge in [0.05, 0.1) is 24.8 Å². The maximum Gasteiger partial charge on any atom is 0.262 e. The largest absolute Gasteiger partial charge is 0.497 e. The fourth-order valence-corrected chi connectivity index (χ4v) is 3.93. The van der Waals surface area contributed by atoms with Crippen LogP contribution >= 0.6 is 0 Å². The summed E-state index contributed by atoms with van der Waals surface area (Å²) >= 11 is 0. The van der Waals surface area contributed by atoms with Gasteiger partial charge in [-0.05, 0) is 55.0 Å². The van der Waals surface area contributed by atoms with E-state index in [1.54, 1.807) is 18.2 Å². The van der Waals surface area contributed by atoms with Crippen LogP contribution in [0.2, 0.25) is 0 Å². The Morgan fingerprint density at radius 2 is 1.62 bits per heavy atom. The molecule has 0 saturated heterocycles. The average molecular weight is 457 g/mol. The lowest BCUT2D eigenvalue weighted by Gasteiger charge is -2.13. The highest BCUT2D eigenvalue weighted by Gasteiger charge is 2.17. The summed E-state index contributed by atoms with van der Waals surface area (Å²) in [5.41, 5.74) is 1.62. The van der Waals surface area contributed by atoms with Crippen LogP contribution in [0, 0.1) is 6.92 Å². The van der Waals surface area contributed by atoms with Crippen molar-refractivity contribution < 1.29 is 27.4 Å². The molecule has 0 radical (unpaired) electrons. The molecular weight excluding hydrogens is 432 g/mol. The zero-order valence-electron chi connectivity index (χ0n) is 17.9. The van der Waals surface area contributed by atoms with E-state index in [0.717, 1.165) is 5.56 Å². The minimum atomic E-state index is -3.89. The maximum atomic E-state index is 12.8. The van der Waals surface area contributed by atoms with Gasteiger partial charge in [-0.15, -0.1) is 0 Å². The van der Waals surface area contributed by atoms with Crippen molar-refractivity contribution in [2.45, 2.75) is 11.8 Å². The molecule has 9 heteroatoms. The van der Waals surface area contributed by atoms with Crippen molar-refractivity contribution >= 4 is 27.3 Å². The number of nitrogens with one attached hydrogen (secondary N) is 2. The highest BCUT2D eigenvalue weighted by Crippen LogP contribution is 2.31. The first-order valence-electron chi connectivity index (χ1n) is 9.65. The smallest absolute Gasteiger partial charge is 0.262 e. The molecule has 32 heavy (non-hydrogen) atoms. The Kier molecular flexibility index (Phi) is 7.21. The molecule has 3 aromatic carbocycles. The van der Waals surface area contributed by atoms with Crippen molar-refractivity contribution in [3.05, 3.63) is 72.3 Å². The van der Waals surface area contributed by atoms with E-state index in [-0.39, 0.29) is 23.1 Å². The average Bonchev–Trinajstić information content (AvgIpc) is 2.78. The molecule has 0 unspecified atom stereocenters. The number of sulfonamides is 1. The van der Waals surface area contributed by atoms with Crippen LogP contribution in [-0.2, 0) is 14.8 Å². The molecule has 0 fully saturated rings. The standard InChI is InChI=1S/C23H24N2O6S/c1-16-6-4-5-7-21(16)31-15-23(26)24-17-8-11-19(12-9-17)32(27,28)25-20-14-18(29-2)10-13-22(20)30-3/h4-14,25H,15H2,1-3H3,(H,24,26). The lowest BCUT2D eigenvalue weighted by molar-refractivity contribution is -0.118. The number of methoxy groups -OCH3 is 2. The number of aryl methyl sites for hydroxylation is 1. The van der Waals surface area contributed by atoms with E-state index in [4.69, 9.17) is 14.2 Å². The molecule has 0 aliphatic rings. The van der Waals surface area contributed by atoms with E-state index < -0.39 is 10.0 Å². The Labute approximate surface area is 187 Å². The summed E-state index contributed by atoms with van der Waals surface area (Å²) in [7, 11) is -0.960. The monoisotopic (exact) mass is 456 g/mol. The fourth-order valence-electron chi connectivity index (χ4n) is 2.87. The maximum absolute atomic E-state index is 12.8. The zero-order valence-corrected chi connectivity index (χ0v) is 18.7. The minimum absolute atomic E-state index is 0.0246. The molecule has 3 aromatic rings. The van der Waals surface area contributed by atoms with Crippen LogP contribution in [0.25, 0.3) is 0 Å². The number of amides is 1. The summed E-state index contributed by atoms with van der Waals surface area (Å²) in [4.78, 5) is 12.2. The number of anilines is 2. The number of hydrogen-bond donors (Lipinski definition) is 2. The summed E-state index contributed by atoms with van der Waals surface area (Å²) in [6.07, 6.45) is 0. The molecule has 0 aliphatic heterocycles. The second-order valence-corrected chi connectivity index (χ2v) is 8.48. The second-order valence-electron chi connectivity index (χ2n) is 6.80. The molecule has 0 saturated carbocycles. The summed E-state index contributed by atoms with van der Waals surface area (Å²) in [6.45, 7) is 1.73. The Morgan fingerprint density at radius 3 is 2.28 bits per heavy atom. The molecular formula is C23H24N2O6S. The van der Waals surface area contributed by atoms with Crippen LogP contribution in [0.5, 0.6) is 17.2 Å². The summed E-state index contributed by atoms with van der Waals surface area (Å²) < 4.78 is 43.9. The molecule has 0 spiro atoms. The van der Waals surface area contributed by atoms with Crippen LogP contribution in [0.4, 0.5) is 11.4 Å². The number of benzene rings is 3. The zero-order chi connectivity index (χ0) is 23.1. The van der Waals surface area contributed by atoms with Crippen molar-refractivity contribution in [1.29, 1.82) is 0 Å². The lowest BCUT2D eigenvalue weighted by Crippen LogP contribution is -2.20. The van der Waals surface area contributed by atoms with Crippen LogP contribution < -0.4 is 24.2 Å². The number of rotatable bonds is 9. The van der Waals surface area contributed by atoms with Crippen LogP contribution in [-0.4, -0.2) is 35.2 Å². The van der Waals surface area contributed by atoms with Gasteiger partial charge in [0.1, 0.15) is 17.2 Å². The normalized spacial score (nSPS) is 10.8. The van der Waals surface area contributed by atoms with Gasteiger partial charge in [-0.3, -0.25) is 9.52 Å². The third-order valence-corrected chi connectivity index (χ3v) is 5.93. The predicted octanol–water partition coefficient (Wildman–Crippen LogP) is 3.83. The molecule has 8 nitrogen and oxygen atoms in total. The predicted molar refractivity (Wildman–Crippen MR) is 122 cm³/mol. The SMILES string of the molecule is COc1ccc(OC)c(NS(=O)(=O)c2ccc(NC(=O)COc3ccccc3C)cc2)c1. The third-order valence-electron chi connectivity index (χ3n) is 4.55. The highest BCUT2D eigenvalue weighted by atomic mass is 32.2. The van der Waals surface area contributed by atoms with Gasteiger partial charge in [-0.2, -0.15) is 0 Å². The Balaban J connectivity index is 1.65. The van der Waals surface area contributed by atoms with Gasteiger partial charge in [0.2, 0.25) is 0 Å². The summed E-state index contributed by atoms with van der Waals surface area (Å²) in [5.74, 6) is 1.10. The van der Waals surface area contributed by atoms with Crippen LogP contribution in [0.1, 0.15) is 5.56 Å². The van der Waals surface area contributed by atoms with Gasteiger partial charge in [0.15, 0.2) is 6.61 Å². The first-order valence-corrected chi connectivity index (χ1v) is 11.1. The molecule has 0 aromatic heterocycles. The number of carbonyl (C=O) groups excluding carboxylic acids is 1. The van der Waals surface area contributed by atoms with Gasteiger partial charge in [0, 0.05) is 11.8 Å². The molecule has 0 heterocycles. The van der Waals surface area contributed by atoms with Crippen LogP contribution in [0.3, 0.4) is 0 Å². The number of para-hydroxylation sites is 1. The van der Waals surface area contributed by atoms with E-state index >= 15 is 0 Å². The topological polar surface area (TPSA) is 103 Å². The first-order chi connectivity index (χ1) is 15.3. The quantitative estimate of drug-likeness (QED) is 0.507. The van der Waals surface area contributed by atoms with Crippen molar-refractivity contribution in [2.75, 3.05) is 30.9 Å². The summed E-state index contributed by atoms with van der Waals surface area (Å²) in [6, 6.07) is 18.0. The van der Waals surface area contributed by atoms with Crippen LogP contribution in [0.15, 0.2) is 71.6 Å². The number of hydrogen-bond acceptors (Lipinski definition) is 6. The molecule has 0 bridgehead atoms. The summed E-state index contributed by atoms with van der Waals surface area (Å²) in [5, 5.41) is 2.68. The lowest BCUT2D eigenvalue weighted by atomic mass is 10.2. The van der Waals surface area contributed by atoms with Crippen molar-refractivity contribution in [2.24, 2.45) is 0 Å². The number of carbonyl (C=O) groups is 1. The molecule has 168 valence electrons. The highest BCUT2D eigenvalue weighted by molar-refractivity contribution is 7.92. The first kappa shape index (κ1) is 23.0. The van der Waals surface area contributed by atoms with E-state index in [1.807, 2.05) is 25.1 Å². The second kappa shape index (κ2) is 10.1. The van der Waals surface area contributed by atoms with Gasteiger partial charge < -0.3 is 19.5 Å². The van der Waals surface area contributed by atoms with E-state index in [0.29, 0.717) is 22.9 Å². The Hall–Kier alpha value is -3.72. The molecule has 0 atom stereocenters. The Bertz CT molecular complexity index is 1190.